The monoisotopic (exact) mass is 288 g/mol. The zero-order valence-corrected chi connectivity index (χ0v) is 11.6. The van der Waals surface area contributed by atoms with Gasteiger partial charge in [0.2, 0.25) is 5.60 Å². The number of ether oxygens (including phenoxy) is 2. The highest BCUT2D eigenvalue weighted by molar-refractivity contribution is 6.04. The number of benzene rings is 1. The van der Waals surface area contributed by atoms with E-state index in [1.54, 1.807) is 0 Å². The molecule has 1 aliphatic carbocycles. The first-order valence-corrected chi connectivity index (χ1v) is 7.20. The van der Waals surface area contributed by atoms with Crippen LogP contribution in [0.15, 0.2) is 18.2 Å². The number of nitrogens with one attached hydrogen (secondary N) is 1. The van der Waals surface area contributed by atoms with E-state index in [1.807, 2.05) is 12.1 Å². The molecule has 1 atom stereocenters. The number of carbonyl (C=O) groups excluding carboxylic acids is 2. The molecule has 2 saturated heterocycles. The quantitative estimate of drug-likeness (QED) is 0.832. The van der Waals surface area contributed by atoms with Crippen molar-refractivity contribution in [3.05, 3.63) is 29.3 Å². The number of carbonyl (C=O) groups is 2. The van der Waals surface area contributed by atoms with Crippen LogP contribution in [0.4, 0.5) is 10.5 Å². The Balaban J connectivity index is 1.69. The SMILES string of the molecule is O=C1NC(=O)C2(CCc3cc(N4CCOCC4)ccc32)O1. The molecular weight excluding hydrogens is 272 g/mol. The van der Waals surface area contributed by atoms with E-state index in [2.05, 4.69) is 16.3 Å². The summed E-state index contributed by atoms with van der Waals surface area (Å²) in [5, 5.41) is 2.24. The third-order valence-electron chi connectivity index (χ3n) is 4.50. The van der Waals surface area contributed by atoms with Gasteiger partial charge in [-0.1, -0.05) is 6.07 Å². The fourth-order valence-electron chi connectivity index (χ4n) is 3.41. The minimum Gasteiger partial charge on any atom is -0.427 e. The molecule has 2 fully saturated rings. The minimum absolute atomic E-state index is 0.342. The summed E-state index contributed by atoms with van der Waals surface area (Å²) < 4.78 is 10.7. The highest BCUT2D eigenvalue weighted by atomic mass is 16.6. The summed E-state index contributed by atoms with van der Waals surface area (Å²) in [7, 11) is 0. The van der Waals surface area contributed by atoms with Crippen LogP contribution in [-0.4, -0.2) is 38.3 Å². The Bertz CT molecular complexity index is 624. The lowest BCUT2D eigenvalue weighted by Crippen LogP contribution is -2.36. The molecule has 6 heteroatoms. The van der Waals surface area contributed by atoms with Crippen LogP contribution in [0.5, 0.6) is 0 Å². The fraction of sp³-hybridized carbons (Fsp3) is 0.467. The number of aryl methyl sites for hydroxylation is 1. The van der Waals surface area contributed by atoms with Crippen molar-refractivity contribution in [1.29, 1.82) is 0 Å². The van der Waals surface area contributed by atoms with Gasteiger partial charge < -0.3 is 14.4 Å². The van der Waals surface area contributed by atoms with Crippen molar-refractivity contribution in [2.24, 2.45) is 0 Å². The average molecular weight is 288 g/mol. The number of amides is 2. The Morgan fingerprint density at radius 2 is 2.00 bits per heavy atom. The summed E-state index contributed by atoms with van der Waals surface area (Å²) >= 11 is 0. The largest absolute Gasteiger partial charge is 0.427 e. The smallest absolute Gasteiger partial charge is 0.415 e. The fourth-order valence-corrected chi connectivity index (χ4v) is 3.41. The van der Waals surface area contributed by atoms with E-state index in [0.29, 0.717) is 6.42 Å². The van der Waals surface area contributed by atoms with Gasteiger partial charge in [-0.05, 0) is 24.1 Å². The molecule has 21 heavy (non-hydrogen) atoms. The topological polar surface area (TPSA) is 67.9 Å². The summed E-state index contributed by atoms with van der Waals surface area (Å²) in [5.41, 5.74) is 1.95. The van der Waals surface area contributed by atoms with Crippen LogP contribution >= 0.6 is 0 Å². The number of imide groups is 1. The molecule has 6 nitrogen and oxygen atoms in total. The Labute approximate surface area is 122 Å². The lowest BCUT2D eigenvalue weighted by Gasteiger charge is -2.29. The van der Waals surface area contributed by atoms with Gasteiger partial charge in [-0.25, -0.2) is 4.79 Å². The second-order valence-electron chi connectivity index (χ2n) is 5.61. The maximum absolute atomic E-state index is 12.1. The van der Waals surface area contributed by atoms with E-state index in [9.17, 15) is 9.59 Å². The van der Waals surface area contributed by atoms with Gasteiger partial charge >= 0.3 is 6.09 Å². The molecule has 2 amide bonds. The number of morpholine rings is 1. The van der Waals surface area contributed by atoms with Gasteiger partial charge in [0.25, 0.3) is 5.91 Å². The summed E-state index contributed by atoms with van der Waals surface area (Å²) in [6.45, 7) is 3.22. The molecule has 2 heterocycles. The minimum atomic E-state index is -1.10. The zero-order chi connectivity index (χ0) is 14.4. The highest BCUT2D eigenvalue weighted by Gasteiger charge is 2.54. The molecule has 0 radical (unpaired) electrons. The van der Waals surface area contributed by atoms with Crippen LogP contribution in [0.25, 0.3) is 0 Å². The lowest BCUT2D eigenvalue weighted by molar-refractivity contribution is -0.131. The number of fused-ring (bicyclic) bond motifs is 2. The van der Waals surface area contributed by atoms with Crippen LogP contribution in [0, 0.1) is 0 Å². The van der Waals surface area contributed by atoms with E-state index in [1.165, 1.54) is 0 Å². The summed E-state index contributed by atoms with van der Waals surface area (Å²) in [6, 6.07) is 6.02. The first-order valence-electron chi connectivity index (χ1n) is 7.20. The van der Waals surface area contributed by atoms with Crippen molar-refractivity contribution in [3.63, 3.8) is 0 Å². The van der Waals surface area contributed by atoms with Gasteiger partial charge in [-0.15, -0.1) is 0 Å². The highest BCUT2D eigenvalue weighted by Crippen LogP contribution is 2.43. The van der Waals surface area contributed by atoms with Crippen LogP contribution in [0.1, 0.15) is 17.5 Å². The van der Waals surface area contributed by atoms with Crippen molar-refractivity contribution in [2.45, 2.75) is 18.4 Å². The molecule has 1 aromatic carbocycles. The Morgan fingerprint density at radius 1 is 1.19 bits per heavy atom. The molecule has 1 aromatic rings. The molecule has 0 saturated carbocycles. The van der Waals surface area contributed by atoms with Crippen molar-refractivity contribution in [1.82, 2.24) is 5.32 Å². The number of nitrogens with zero attached hydrogens (tertiary/aromatic N) is 1. The van der Waals surface area contributed by atoms with E-state index >= 15 is 0 Å². The Kier molecular flexibility index (Phi) is 2.68. The van der Waals surface area contributed by atoms with Crippen LogP contribution in [-0.2, 0) is 26.3 Å². The number of hydrogen-bond donors (Lipinski definition) is 1. The van der Waals surface area contributed by atoms with Crippen molar-refractivity contribution >= 4 is 17.7 Å². The van der Waals surface area contributed by atoms with Crippen molar-refractivity contribution in [2.75, 3.05) is 31.2 Å². The molecule has 0 aromatic heterocycles. The molecule has 3 aliphatic rings. The van der Waals surface area contributed by atoms with Gasteiger partial charge in [0.05, 0.1) is 13.2 Å². The summed E-state index contributed by atoms with van der Waals surface area (Å²) in [6.07, 6.45) is 0.617. The second kappa shape index (κ2) is 4.46. The number of anilines is 1. The van der Waals surface area contributed by atoms with Gasteiger partial charge in [-0.3, -0.25) is 10.1 Å². The number of alkyl carbamates (subject to hydrolysis) is 1. The molecule has 110 valence electrons. The normalized spacial score (nSPS) is 27.7. The number of hydrogen-bond acceptors (Lipinski definition) is 5. The van der Waals surface area contributed by atoms with Crippen LogP contribution < -0.4 is 10.2 Å². The predicted octanol–water partition coefficient (Wildman–Crippen LogP) is 0.931. The average Bonchev–Trinajstić information content (AvgIpc) is 3.01. The molecule has 4 rings (SSSR count). The molecule has 0 bridgehead atoms. The second-order valence-corrected chi connectivity index (χ2v) is 5.61. The van der Waals surface area contributed by atoms with E-state index in [0.717, 1.165) is 49.5 Å². The molecule has 2 aliphatic heterocycles. The zero-order valence-electron chi connectivity index (χ0n) is 11.6. The lowest BCUT2D eigenvalue weighted by atomic mass is 9.95. The van der Waals surface area contributed by atoms with Crippen LogP contribution in [0.3, 0.4) is 0 Å². The van der Waals surface area contributed by atoms with Gasteiger partial charge in [0.1, 0.15) is 0 Å². The molecule has 1 N–H and O–H groups in total. The third-order valence-corrected chi connectivity index (χ3v) is 4.50. The van der Waals surface area contributed by atoms with E-state index in [4.69, 9.17) is 9.47 Å². The standard InChI is InChI=1S/C15H16N2O4/c18-13-15(21-14(19)16-13)4-3-10-9-11(1-2-12(10)15)17-5-7-20-8-6-17/h1-2,9H,3-8H2,(H,16,18,19). The van der Waals surface area contributed by atoms with Gasteiger partial charge in [0.15, 0.2) is 0 Å². The molecule has 1 unspecified atom stereocenters. The predicted molar refractivity (Wildman–Crippen MR) is 74.1 cm³/mol. The van der Waals surface area contributed by atoms with Crippen molar-refractivity contribution in [3.8, 4) is 0 Å². The van der Waals surface area contributed by atoms with Crippen LogP contribution in [0.2, 0.25) is 0 Å². The maximum Gasteiger partial charge on any atom is 0.415 e. The summed E-state index contributed by atoms with van der Waals surface area (Å²) in [4.78, 5) is 25.7. The maximum atomic E-state index is 12.1. The first kappa shape index (κ1) is 12.6. The molecule has 1 spiro atoms. The van der Waals surface area contributed by atoms with Gasteiger partial charge in [-0.2, -0.15) is 0 Å². The molecular formula is C15H16N2O4. The number of rotatable bonds is 1. The van der Waals surface area contributed by atoms with E-state index in [-0.39, 0.29) is 5.91 Å². The Morgan fingerprint density at radius 3 is 2.71 bits per heavy atom. The van der Waals surface area contributed by atoms with Gasteiger partial charge in [0, 0.05) is 30.8 Å². The van der Waals surface area contributed by atoms with E-state index < -0.39 is 11.7 Å². The third kappa shape index (κ3) is 1.82. The Hall–Kier alpha value is -2.08. The first-order chi connectivity index (χ1) is 10.2. The summed E-state index contributed by atoms with van der Waals surface area (Å²) in [5.74, 6) is -0.342. The van der Waals surface area contributed by atoms with Crippen molar-refractivity contribution < 1.29 is 19.1 Å².